The Bertz CT molecular complexity index is 434. The monoisotopic (exact) mass is 302 g/mol. The maximum atomic E-state index is 12.5. The Balaban J connectivity index is 1.87. The van der Waals surface area contributed by atoms with E-state index in [2.05, 4.69) is 0 Å². The van der Waals surface area contributed by atoms with Gasteiger partial charge < -0.3 is 10.8 Å². The number of rotatable bonds is 7. The Morgan fingerprint density at radius 1 is 1.24 bits per heavy atom. The van der Waals surface area contributed by atoms with Crippen molar-refractivity contribution in [2.45, 2.75) is 43.6 Å². The fourth-order valence-electron chi connectivity index (χ4n) is 2.41. The number of hydrogen-bond donors (Lipinski definition) is 2. The summed E-state index contributed by atoms with van der Waals surface area (Å²) in [5, 5.41) is 10.1. The van der Waals surface area contributed by atoms with Gasteiger partial charge in [-0.25, -0.2) is 0 Å². The number of alkyl halides is 3. The van der Waals surface area contributed by atoms with Crippen LogP contribution in [0, 0.1) is 0 Å². The van der Waals surface area contributed by atoms with Gasteiger partial charge in [0.15, 0.2) is 0 Å². The van der Waals surface area contributed by atoms with Gasteiger partial charge in [0, 0.05) is 18.6 Å². The SMILES string of the molecule is NC(Cc1ccccc1)C(O)CN(CC(F)(F)F)C1CC1. The summed E-state index contributed by atoms with van der Waals surface area (Å²) in [6, 6.07) is 8.77. The number of nitrogens with two attached hydrogens (primary N) is 1. The van der Waals surface area contributed by atoms with E-state index in [9.17, 15) is 18.3 Å². The molecule has 0 bridgehead atoms. The molecule has 2 atom stereocenters. The van der Waals surface area contributed by atoms with Crippen LogP contribution in [0.15, 0.2) is 30.3 Å². The number of aliphatic hydroxyl groups is 1. The van der Waals surface area contributed by atoms with Crippen LogP contribution in [0.5, 0.6) is 0 Å². The molecule has 2 unspecified atom stereocenters. The predicted octanol–water partition coefficient (Wildman–Crippen LogP) is 1.94. The second kappa shape index (κ2) is 6.77. The van der Waals surface area contributed by atoms with Crippen molar-refractivity contribution in [3.63, 3.8) is 0 Å². The van der Waals surface area contributed by atoms with E-state index in [4.69, 9.17) is 5.73 Å². The number of benzene rings is 1. The summed E-state index contributed by atoms with van der Waals surface area (Å²) in [4.78, 5) is 1.30. The number of nitrogens with zero attached hydrogens (tertiary/aromatic N) is 1. The van der Waals surface area contributed by atoms with Gasteiger partial charge in [-0.3, -0.25) is 4.90 Å². The van der Waals surface area contributed by atoms with Crippen molar-refractivity contribution in [2.75, 3.05) is 13.1 Å². The first-order valence-electron chi connectivity index (χ1n) is 7.13. The van der Waals surface area contributed by atoms with Gasteiger partial charge in [-0.15, -0.1) is 0 Å². The van der Waals surface area contributed by atoms with Crippen LogP contribution in [-0.2, 0) is 6.42 Å². The molecule has 1 aromatic carbocycles. The molecule has 1 aliphatic rings. The van der Waals surface area contributed by atoms with E-state index in [1.807, 2.05) is 30.3 Å². The first-order chi connectivity index (χ1) is 9.85. The Kier molecular flexibility index (Phi) is 5.24. The van der Waals surface area contributed by atoms with Crippen LogP contribution < -0.4 is 5.73 Å². The highest BCUT2D eigenvalue weighted by atomic mass is 19.4. The van der Waals surface area contributed by atoms with Crippen molar-refractivity contribution in [1.82, 2.24) is 4.90 Å². The van der Waals surface area contributed by atoms with E-state index in [1.54, 1.807) is 0 Å². The summed E-state index contributed by atoms with van der Waals surface area (Å²) in [5.41, 5.74) is 6.89. The lowest BCUT2D eigenvalue weighted by Crippen LogP contribution is -2.47. The van der Waals surface area contributed by atoms with Gasteiger partial charge in [-0.05, 0) is 24.8 Å². The molecular weight excluding hydrogens is 281 g/mol. The van der Waals surface area contributed by atoms with Crippen LogP contribution in [0.25, 0.3) is 0 Å². The van der Waals surface area contributed by atoms with Crippen molar-refractivity contribution in [2.24, 2.45) is 5.73 Å². The Morgan fingerprint density at radius 2 is 1.86 bits per heavy atom. The van der Waals surface area contributed by atoms with Gasteiger partial charge in [0.2, 0.25) is 0 Å². The molecule has 2 rings (SSSR count). The van der Waals surface area contributed by atoms with Crippen LogP contribution in [0.1, 0.15) is 18.4 Å². The lowest BCUT2D eigenvalue weighted by atomic mass is 10.0. The largest absolute Gasteiger partial charge is 0.401 e. The van der Waals surface area contributed by atoms with Gasteiger partial charge in [0.25, 0.3) is 0 Å². The molecule has 3 nitrogen and oxygen atoms in total. The standard InChI is InChI=1S/C15H21F3N2O/c16-15(17,18)10-20(12-6-7-12)9-14(21)13(19)8-11-4-2-1-3-5-11/h1-5,12-14,21H,6-10,19H2. The Labute approximate surface area is 122 Å². The summed E-state index contributed by atoms with van der Waals surface area (Å²) in [6.45, 7) is -1.01. The lowest BCUT2D eigenvalue weighted by molar-refractivity contribution is -0.150. The maximum absolute atomic E-state index is 12.5. The molecule has 0 saturated heterocycles. The topological polar surface area (TPSA) is 49.5 Å². The molecule has 0 spiro atoms. The van der Waals surface area contributed by atoms with E-state index in [-0.39, 0.29) is 12.6 Å². The highest BCUT2D eigenvalue weighted by Crippen LogP contribution is 2.30. The zero-order chi connectivity index (χ0) is 15.5. The fraction of sp³-hybridized carbons (Fsp3) is 0.600. The van der Waals surface area contributed by atoms with E-state index >= 15 is 0 Å². The minimum absolute atomic E-state index is 0.0296. The zero-order valence-corrected chi connectivity index (χ0v) is 11.8. The van der Waals surface area contributed by atoms with Gasteiger partial charge in [-0.1, -0.05) is 30.3 Å². The Hall–Kier alpha value is -1.11. The summed E-state index contributed by atoms with van der Waals surface area (Å²) < 4.78 is 37.6. The minimum Gasteiger partial charge on any atom is -0.390 e. The third-order valence-electron chi connectivity index (χ3n) is 3.68. The third-order valence-corrected chi connectivity index (χ3v) is 3.68. The molecule has 1 fully saturated rings. The summed E-state index contributed by atoms with van der Waals surface area (Å²) in [7, 11) is 0. The second-order valence-corrected chi connectivity index (χ2v) is 5.70. The highest BCUT2D eigenvalue weighted by Gasteiger charge is 2.39. The quantitative estimate of drug-likeness (QED) is 0.809. The molecule has 1 aliphatic carbocycles. The molecule has 1 aromatic rings. The average molecular weight is 302 g/mol. The van der Waals surface area contributed by atoms with E-state index in [0.717, 1.165) is 18.4 Å². The molecule has 0 aromatic heterocycles. The molecule has 0 amide bonds. The average Bonchev–Trinajstić information content (AvgIpc) is 3.21. The molecule has 6 heteroatoms. The molecule has 118 valence electrons. The zero-order valence-electron chi connectivity index (χ0n) is 11.8. The first kappa shape index (κ1) is 16.3. The highest BCUT2D eigenvalue weighted by molar-refractivity contribution is 5.16. The van der Waals surface area contributed by atoms with Crippen molar-refractivity contribution >= 4 is 0 Å². The molecular formula is C15H21F3N2O. The van der Waals surface area contributed by atoms with Crippen LogP contribution in [-0.4, -0.2) is 47.5 Å². The van der Waals surface area contributed by atoms with Crippen LogP contribution in [0.3, 0.4) is 0 Å². The number of hydrogen-bond acceptors (Lipinski definition) is 3. The Morgan fingerprint density at radius 3 is 2.38 bits per heavy atom. The second-order valence-electron chi connectivity index (χ2n) is 5.70. The normalized spacial score (nSPS) is 18.8. The number of aliphatic hydroxyl groups excluding tert-OH is 1. The first-order valence-corrected chi connectivity index (χ1v) is 7.13. The van der Waals surface area contributed by atoms with Crippen LogP contribution in [0.2, 0.25) is 0 Å². The summed E-state index contributed by atoms with van der Waals surface area (Å²) >= 11 is 0. The fourth-order valence-corrected chi connectivity index (χ4v) is 2.41. The minimum atomic E-state index is -4.24. The molecule has 0 aliphatic heterocycles. The van der Waals surface area contributed by atoms with Gasteiger partial charge in [-0.2, -0.15) is 13.2 Å². The van der Waals surface area contributed by atoms with E-state index in [1.165, 1.54) is 4.90 Å². The van der Waals surface area contributed by atoms with Crippen LogP contribution >= 0.6 is 0 Å². The molecule has 0 heterocycles. The van der Waals surface area contributed by atoms with Gasteiger partial charge in [0.05, 0.1) is 12.6 Å². The maximum Gasteiger partial charge on any atom is 0.401 e. The van der Waals surface area contributed by atoms with Crippen molar-refractivity contribution in [3.8, 4) is 0 Å². The summed E-state index contributed by atoms with van der Waals surface area (Å²) in [5.74, 6) is 0. The van der Waals surface area contributed by atoms with E-state index in [0.29, 0.717) is 6.42 Å². The van der Waals surface area contributed by atoms with Crippen molar-refractivity contribution in [1.29, 1.82) is 0 Å². The molecule has 21 heavy (non-hydrogen) atoms. The van der Waals surface area contributed by atoms with Gasteiger partial charge in [0.1, 0.15) is 0 Å². The smallest absolute Gasteiger partial charge is 0.390 e. The van der Waals surface area contributed by atoms with Crippen molar-refractivity contribution in [3.05, 3.63) is 35.9 Å². The number of halogens is 3. The molecule has 0 radical (unpaired) electrons. The van der Waals surface area contributed by atoms with Crippen molar-refractivity contribution < 1.29 is 18.3 Å². The molecule has 1 saturated carbocycles. The predicted molar refractivity (Wildman–Crippen MR) is 74.8 cm³/mol. The summed E-state index contributed by atoms with van der Waals surface area (Å²) in [6.07, 6.45) is -3.24. The third kappa shape index (κ3) is 5.65. The lowest BCUT2D eigenvalue weighted by Gasteiger charge is -2.28. The molecule has 3 N–H and O–H groups in total. The van der Waals surface area contributed by atoms with Gasteiger partial charge >= 0.3 is 6.18 Å². The van der Waals surface area contributed by atoms with Crippen LogP contribution in [0.4, 0.5) is 13.2 Å². The van der Waals surface area contributed by atoms with E-state index < -0.39 is 24.9 Å².